The molecule has 0 spiro atoms. The number of anilines is 1. The van der Waals surface area contributed by atoms with E-state index in [1.807, 2.05) is 30.3 Å². The van der Waals surface area contributed by atoms with Crippen molar-refractivity contribution in [3.05, 3.63) is 65.1 Å². The zero-order chi connectivity index (χ0) is 20.0. The Balaban J connectivity index is 1.51. The monoisotopic (exact) mass is 415 g/mol. The molecule has 2 N–H and O–H groups in total. The lowest BCUT2D eigenvalue weighted by Crippen LogP contribution is -2.26. The van der Waals surface area contributed by atoms with Gasteiger partial charge in [0.15, 0.2) is 5.13 Å². The number of sulfonamides is 1. The highest BCUT2D eigenvalue weighted by molar-refractivity contribution is 7.92. The van der Waals surface area contributed by atoms with Crippen molar-refractivity contribution >= 4 is 48.7 Å². The Morgan fingerprint density at radius 2 is 1.96 bits per heavy atom. The fraction of sp³-hybridized carbons (Fsp3) is 0.200. The molecule has 28 heavy (non-hydrogen) atoms. The minimum Gasteiger partial charge on any atom is -0.302 e. The Bertz CT molecular complexity index is 1090. The van der Waals surface area contributed by atoms with Crippen LogP contribution in [0.3, 0.4) is 0 Å². The highest BCUT2D eigenvalue weighted by Gasteiger charge is 2.10. The Labute approximate surface area is 168 Å². The molecule has 0 aliphatic heterocycles. The van der Waals surface area contributed by atoms with Crippen molar-refractivity contribution in [2.24, 2.45) is 0 Å². The summed E-state index contributed by atoms with van der Waals surface area (Å²) in [4.78, 5) is 16.5. The Kier molecular flexibility index (Phi) is 6.56. The standard InChI is InChI=1S/C20H21N3O3S2/c1-2-15-8-9-17-18(14-15)27-20(22-17)23-19(24)10-12-21-28(25,26)13-11-16-6-4-3-5-7-16/h3-9,11,13-14,21H,2,10,12H2,1H3,(H,22,23,24)/b13-11+. The summed E-state index contributed by atoms with van der Waals surface area (Å²) in [7, 11) is -3.60. The molecular formula is C20H21N3O3S2. The van der Waals surface area contributed by atoms with E-state index in [9.17, 15) is 13.2 Å². The average molecular weight is 416 g/mol. The predicted octanol–water partition coefficient (Wildman–Crippen LogP) is 3.78. The molecule has 0 fully saturated rings. The lowest BCUT2D eigenvalue weighted by Gasteiger charge is -2.03. The smallest absolute Gasteiger partial charge is 0.233 e. The molecule has 146 valence electrons. The molecule has 1 heterocycles. The molecule has 0 atom stereocenters. The van der Waals surface area contributed by atoms with Gasteiger partial charge in [-0.2, -0.15) is 0 Å². The number of carbonyl (C=O) groups excluding carboxylic acids is 1. The molecule has 2 aromatic carbocycles. The maximum Gasteiger partial charge on any atom is 0.233 e. The van der Waals surface area contributed by atoms with Gasteiger partial charge in [0, 0.05) is 18.4 Å². The predicted molar refractivity (Wildman–Crippen MR) is 115 cm³/mol. The molecule has 3 aromatic rings. The maximum absolute atomic E-state index is 12.1. The number of nitrogens with zero attached hydrogens (tertiary/aromatic N) is 1. The molecular weight excluding hydrogens is 394 g/mol. The summed E-state index contributed by atoms with van der Waals surface area (Å²) in [5.74, 6) is -0.287. The quantitative estimate of drug-likeness (QED) is 0.586. The van der Waals surface area contributed by atoms with Crippen molar-refractivity contribution in [1.82, 2.24) is 9.71 Å². The molecule has 0 saturated carbocycles. The summed E-state index contributed by atoms with van der Waals surface area (Å²) in [6.07, 6.45) is 2.47. The molecule has 8 heteroatoms. The molecule has 1 aromatic heterocycles. The van der Waals surface area contributed by atoms with Crippen molar-refractivity contribution in [2.75, 3.05) is 11.9 Å². The van der Waals surface area contributed by atoms with Gasteiger partial charge in [-0.05, 0) is 35.8 Å². The third-order valence-electron chi connectivity index (χ3n) is 4.00. The Morgan fingerprint density at radius 1 is 1.18 bits per heavy atom. The minimum atomic E-state index is -3.60. The number of carbonyl (C=O) groups is 1. The van der Waals surface area contributed by atoms with Crippen molar-refractivity contribution in [2.45, 2.75) is 19.8 Å². The van der Waals surface area contributed by atoms with E-state index in [2.05, 4.69) is 28.0 Å². The Morgan fingerprint density at radius 3 is 2.71 bits per heavy atom. The van der Waals surface area contributed by atoms with Gasteiger partial charge in [0.05, 0.1) is 10.2 Å². The first-order valence-electron chi connectivity index (χ1n) is 8.87. The van der Waals surface area contributed by atoms with Gasteiger partial charge in [-0.3, -0.25) is 4.79 Å². The summed E-state index contributed by atoms with van der Waals surface area (Å²) in [6.45, 7) is 2.10. The van der Waals surface area contributed by atoms with Crippen LogP contribution in [0.25, 0.3) is 16.3 Å². The largest absolute Gasteiger partial charge is 0.302 e. The highest BCUT2D eigenvalue weighted by atomic mass is 32.2. The highest BCUT2D eigenvalue weighted by Crippen LogP contribution is 2.27. The lowest BCUT2D eigenvalue weighted by atomic mass is 10.2. The zero-order valence-corrected chi connectivity index (χ0v) is 17.0. The number of fused-ring (bicyclic) bond motifs is 1. The van der Waals surface area contributed by atoms with Crippen LogP contribution in [0.1, 0.15) is 24.5 Å². The van der Waals surface area contributed by atoms with Crippen LogP contribution in [0.4, 0.5) is 5.13 Å². The Hall–Kier alpha value is -2.55. The molecule has 0 bridgehead atoms. The topological polar surface area (TPSA) is 88.2 Å². The number of nitrogens with one attached hydrogen (secondary N) is 2. The van der Waals surface area contributed by atoms with Gasteiger partial charge in [-0.1, -0.05) is 54.7 Å². The number of thiazole rings is 1. The van der Waals surface area contributed by atoms with E-state index in [1.54, 1.807) is 12.1 Å². The summed E-state index contributed by atoms with van der Waals surface area (Å²) < 4.78 is 27.4. The third-order valence-corrected chi connectivity index (χ3v) is 6.04. The summed E-state index contributed by atoms with van der Waals surface area (Å²) >= 11 is 1.41. The van der Waals surface area contributed by atoms with Crippen LogP contribution in [0.2, 0.25) is 0 Å². The molecule has 1 amide bonds. The summed E-state index contributed by atoms with van der Waals surface area (Å²) in [6, 6.07) is 15.2. The molecule has 0 aliphatic rings. The van der Waals surface area contributed by atoms with E-state index in [0.29, 0.717) is 5.13 Å². The summed E-state index contributed by atoms with van der Waals surface area (Å²) in [5.41, 5.74) is 2.84. The number of benzene rings is 2. The number of rotatable bonds is 8. The number of aromatic nitrogens is 1. The maximum atomic E-state index is 12.1. The molecule has 0 radical (unpaired) electrons. The van der Waals surface area contributed by atoms with E-state index in [1.165, 1.54) is 23.0 Å². The number of aryl methyl sites for hydroxylation is 1. The van der Waals surface area contributed by atoms with Crippen LogP contribution in [0, 0.1) is 0 Å². The van der Waals surface area contributed by atoms with E-state index < -0.39 is 10.0 Å². The van der Waals surface area contributed by atoms with E-state index in [0.717, 1.165) is 27.6 Å². The molecule has 0 unspecified atom stereocenters. The van der Waals surface area contributed by atoms with Crippen LogP contribution < -0.4 is 10.0 Å². The van der Waals surface area contributed by atoms with Gasteiger partial charge in [0.25, 0.3) is 0 Å². The van der Waals surface area contributed by atoms with Crippen LogP contribution >= 0.6 is 11.3 Å². The van der Waals surface area contributed by atoms with Gasteiger partial charge >= 0.3 is 0 Å². The van der Waals surface area contributed by atoms with Crippen LogP contribution in [-0.4, -0.2) is 25.9 Å². The molecule has 0 saturated heterocycles. The van der Waals surface area contributed by atoms with Gasteiger partial charge in [-0.15, -0.1) is 0 Å². The van der Waals surface area contributed by atoms with Gasteiger partial charge < -0.3 is 5.32 Å². The fourth-order valence-electron chi connectivity index (χ4n) is 2.51. The number of hydrogen-bond donors (Lipinski definition) is 2. The van der Waals surface area contributed by atoms with Crippen molar-refractivity contribution in [1.29, 1.82) is 0 Å². The van der Waals surface area contributed by atoms with Crippen molar-refractivity contribution < 1.29 is 13.2 Å². The molecule has 3 rings (SSSR count). The van der Waals surface area contributed by atoms with E-state index in [-0.39, 0.29) is 18.9 Å². The zero-order valence-electron chi connectivity index (χ0n) is 15.4. The second kappa shape index (κ2) is 9.09. The van der Waals surface area contributed by atoms with Gasteiger partial charge in [0.1, 0.15) is 0 Å². The normalized spacial score (nSPS) is 11.9. The first kappa shape index (κ1) is 20.2. The lowest BCUT2D eigenvalue weighted by molar-refractivity contribution is -0.116. The third kappa shape index (κ3) is 5.72. The number of hydrogen-bond acceptors (Lipinski definition) is 5. The van der Waals surface area contributed by atoms with Crippen LogP contribution in [0.15, 0.2) is 53.9 Å². The second-order valence-corrected chi connectivity index (χ2v) is 8.81. The van der Waals surface area contributed by atoms with Crippen molar-refractivity contribution in [3.63, 3.8) is 0 Å². The second-order valence-electron chi connectivity index (χ2n) is 6.13. The molecule has 0 aliphatic carbocycles. The average Bonchev–Trinajstić information content (AvgIpc) is 3.08. The van der Waals surface area contributed by atoms with E-state index >= 15 is 0 Å². The van der Waals surface area contributed by atoms with Gasteiger partial charge in [-0.25, -0.2) is 18.1 Å². The first-order chi connectivity index (χ1) is 13.4. The van der Waals surface area contributed by atoms with Gasteiger partial charge in [0.2, 0.25) is 15.9 Å². The van der Waals surface area contributed by atoms with Crippen LogP contribution in [-0.2, 0) is 21.2 Å². The number of amides is 1. The van der Waals surface area contributed by atoms with Crippen molar-refractivity contribution in [3.8, 4) is 0 Å². The van der Waals surface area contributed by atoms with Crippen LogP contribution in [0.5, 0.6) is 0 Å². The first-order valence-corrected chi connectivity index (χ1v) is 11.2. The molecule has 6 nitrogen and oxygen atoms in total. The SMILES string of the molecule is CCc1ccc2nc(NC(=O)CCNS(=O)(=O)/C=C/c3ccccc3)sc2c1. The fourth-order valence-corrected chi connectivity index (χ4v) is 4.28. The van der Waals surface area contributed by atoms with E-state index in [4.69, 9.17) is 0 Å². The minimum absolute atomic E-state index is 0.0121. The summed E-state index contributed by atoms with van der Waals surface area (Å²) in [5, 5.41) is 4.34.